The van der Waals surface area contributed by atoms with Crippen LogP contribution in [0.25, 0.3) is 0 Å². The molecule has 0 rings (SSSR count). The highest BCUT2D eigenvalue weighted by atomic mass is 16.2. The summed E-state index contributed by atoms with van der Waals surface area (Å²) in [5.41, 5.74) is 9.69. The zero-order valence-corrected chi connectivity index (χ0v) is 10.0. The molecule has 102 valence electrons. The van der Waals surface area contributed by atoms with Crippen LogP contribution in [-0.2, 0) is 19.2 Å². The van der Waals surface area contributed by atoms with E-state index in [1.807, 2.05) is 0 Å². The van der Waals surface area contributed by atoms with Crippen molar-refractivity contribution in [1.29, 1.82) is 0 Å². The van der Waals surface area contributed by atoms with Gasteiger partial charge in [0.15, 0.2) is 11.6 Å². The van der Waals surface area contributed by atoms with E-state index in [1.165, 1.54) is 0 Å². The van der Waals surface area contributed by atoms with E-state index in [2.05, 4.69) is 10.6 Å². The molecule has 0 aromatic carbocycles. The molecule has 0 bridgehead atoms. The van der Waals surface area contributed by atoms with Crippen molar-refractivity contribution in [3.63, 3.8) is 0 Å². The average molecular weight is 258 g/mol. The van der Waals surface area contributed by atoms with Gasteiger partial charge in [-0.15, -0.1) is 0 Å². The van der Waals surface area contributed by atoms with Gasteiger partial charge in [0.1, 0.15) is 0 Å². The Balaban J connectivity index is 3.41. The summed E-state index contributed by atoms with van der Waals surface area (Å²) in [6, 6.07) is 0. The summed E-state index contributed by atoms with van der Waals surface area (Å²) in [7, 11) is 0. The summed E-state index contributed by atoms with van der Waals surface area (Å²) in [5, 5.41) is 5.56. The Morgan fingerprint density at radius 2 is 1.06 bits per heavy atom. The van der Waals surface area contributed by atoms with Crippen LogP contribution in [0.2, 0.25) is 0 Å². The van der Waals surface area contributed by atoms with E-state index < -0.39 is 11.8 Å². The van der Waals surface area contributed by atoms with Crippen LogP contribution in [0, 0.1) is 0 Å². The molecule has 8 nitrogen and oxygen atoms in total. The van der Waals surface area contributed by atoms with Crippen LogP contribution in [-0.4, -0.2) is 49.6 Å². The van der Waals surface area contributed by atoms with Crippen molar-refractivity contribution in [2.75, 3.05) is 26.2 Å². The number of Topliss-reactive ketones (excluding diaryl/α,β-unsaturated/α-hetero) is 2. The average Bonchev–Trinajstić information content (AvgIpc) is 2.20. The van der Waals surface area contributed by atoms with Crippen LogP contribution in [0.5, 0.6) is 0 Å². The highest BCUT2D eigenvalue weighted by Crippen LogP contribution is 1.80. The van der Waals surface area contributed by atoms with Crippen molar-refractivity contribution in [1.82, 2.24) is 10.6 Å². The van der Waals surface area contributed by atoms with Crippen LogP contribution in [0.15, 0.2) is 0 Å². The summed E-state index contributed by atoms with van der Waals surface area (Å²) in [4.78, 5) is 42.8. The smallest absolute Gasteiger partial charge is 0.224 e. The van der Waals surface area contributed by atoms with Gasteiger partial charge in [-0.2, -0.15) is 0 Å². The molecule has 0 aliphatic carbocycles. The molecule has 0 aromatic rings. The fourth-order valence-corrected chi connectivity index (χ4v) is 1.15. The minimum Gasteiger partial charge on any atom is -0.369 e. The van der Waals surface area contributed by atoms with Crippen LogP contribution >= 0.6 is 0 Å². The molecule has 0 unspecified atom stereocenters. The van der Waals surface area contributed by atoms with Crippen molar-refractivity contribution < 1.29 is 19.2 Å². The summed E-state index contributed by atoms with van der Waals surface area (Å²) in [5.74, 6) is -1.88. The topological polar surface area (TPSA) is 144 Å². The van der Waals surface area contributed by atoms with Crippen LogP contribution < -0.4 is 22.1 Å². The highest BCUT2D eigenvalue weighted by molar-refractivity contribution is 5.98. The summed E-state index contributed by atoms with van der Waals surface area (Å²) in [6.07, 6.45) is -0.560. The fraction of sp³-hybridized carbons (Fsp3) is 0.600. The molecule has 2 amide bonds. The summed E-state index contributed by atoms with van der Waals surface area (Å²) >= 11 is 0. The molecule has 0 aliphatic rings. The van der Waals surface area contributed by atoms with Gasteiger partial charge in [0.05, 0.1) is 25.9 Å². The Morgan fingerprint density at radius 3 is 1.33 bits per heavy atom. The predicted molar refractivity (Wildman–Crippen MR) is 63.4 cm³/mol. The van der Waals surface area contributed by atoms with Gasteiger partial charge in [-0.25, -0.2) is 0 Å². The third kappa shape index (κ3) is 10.7. The lowest BCUT2D eigenvalue weighted by atomic mass is 10.2. The molecule has 0 heterocycles. The molecule has 0 radical (unpaired) electrons. The van der Waals surface area contributed by atoms with Crippen LogP contribution in [0.4, 0.5) is 0 Å². The van der Waals surface area contributed by atoms with E-state index in [0.29, 0.717) is 13.1 Å². The van der Waals surface area contributed by atoms with Crippen molar-refractivity contribution in [3.8, 4) is 0 Å². The van der Waals surface area contributed by atoms with Crippen molar-refractivity contribution in [2.45, 2.75) is 12.8 Å². The number of hydrogen-bond donors (Lipinski definition) is 4. The van der Waals surface area contributed by atoms with Gasteiger partial charge in [-0.1, -0.05) is 0 Å². The van der Waals surface area contributed by atoms with Gasteiger partial charge < -0.3 is 22.1 Å². The predicted octanol–water partition coefficient (Wildman–Crippen LogP) is -2.95. The molecular formula is C10H18N4O4. The maximum absolute atomic E-state index is 11.0. The number of primary amides is 2. The maximum Gasteiger partial charge on any atom is 0.224 e. The third-order valence-corrected chi connectivity index (χ3v) is 1.87. The Morgan fingerprint density at radius 1 is 0.722 bits per heavy atom. The fourth-order valence-electron chi connectivity index (χ4n) is 1.15. The molecule has 0 spiro atoms. The number of nitrogens with one attached hydrogen (secondary N) is 2. The number of nitrogens with two attached hydrogens (primary N) is 2. The maximum atomic E-state index is 11.0. The van der Waals surface area contributed by atoms with Gasteiger partial charge in [0.2, 0.25) is 11.8 Å². The highest BCUT2D eigenvalue weighted by Gasteiger charge is 2.06. The molecule has 0 atom stereocenters. The number of ketones is 2. The van der Waals surface area contributed by atoms with Crippen LogP contribution in [0.1, 0.15) is 12.8 Å². The van der Waals surface area contributed by atoms with Gasteiger partial charge >= 0.3 is 0 Å². The van der Waals surface area contributed by atoms with Gasteiger partial charge in [0.25, 0.3) is 0 Å². The second kappa shape index (κ2) is 9.25. The summed E-state index contributed by atoms with van der Waals surface area (Å²) in [6.45, 7) is 1.02. The zero-order valence-electron chi connectivity index (χ0n) is 10.0. The number of amides is 2. The second-order valence-corrected chi connectivity index (χ2v) is 3.72. The van der Waals surface area contributed by atoms with E-state index in [4.69, 9.17) is 11.5 Å². The number of hydrogen-bond acceptors (Lipinski definition) is 6. The molecule has 0 fully saturated rings. The Kier molecular flexibility index (Phi) is 8.33. The van der Waals surface area contributed by atoms with E-state index in [1.54, 1.807) is 0 Å². The van der Waals surface area contributed by atoms with Crippen LogP contribution in [0.3, 0.4) is 0 Å². The van der Waals surface area contributed by atoms with Crippen molar-refractivity contribution in [3.05, 3.63) is 0 Å². The largest absolute Gasteiger partial charge is 0.369 e. The molecule has 0 aliphatic heterocycles. The van der Waals surface area contributed by atoms with Gasteiger partial charge in [0, 0.05) is 13.1 Å². The van der Waals surface area contributed by atoms with Crippen molar-refractivity contribution in [2.24, 2.45) is 11.5 Å². The molecule has 0 saturated carbocycles. The number of rotatable bonds is 11. The minimum atomic E-state index is -0.656. The first-order chi connectivity index (χ1) is 8.41. The van der Waals surface area contributed by atoms with Gasteiger partial charge in [-0.05, 0) is 0 Å². The summed E-state index contributed by atoms with van der Waals surface area (Å²) < 4.78 is 0. The molecule has 8 heteroatoms. The normalized spacial score (nSPS) is 10.0. The lowest BCUT2D eigenvalue weighted by molar-refractivity contribution is -0.127. The zero-order chi connectivity index (χ0) is 14.0. The lowest BCUT2D eigenvalue weighted by Gasteiger charge is -2.04. The van der Waals surface area contributed by atoms with E-state index >= 15 is 0 Å². The third-order valence-electron chi connectivity index (χ3n) is 1.87. The first-order valence-electron chi connectivity index (χ1n) is 5.43. The monoisotopic (exact) mass is 258 g/mol. The molecule has 0 aromatic heterocycles. The van der Waals surface area contributed by atoms with E-state index in [0.717, 1.165) is 0 Å². The Labute approximate surface area is 104 Å². The van der Waals surface area contributed by atoms with E-state index in [-0.39, 0.29) is 37.5 Å². The first kappa shape index (κ1) is 16.2. The van der Waals surface area contributed by atoms with E-state index in [9.17, 15) is 19.2 Å². The van der Waals surface area contributed by atoms with Gasteiger partial charge in [-0.3, -0.25) is 19.2 Å². The second-order valence-electron chi connectivity index (χ2n) is 3.72. The number of carbonyl (C=O) groups excluding carboxylic acids is 4. The lowest BCUT2D eigenvalue weighted by Crippen LogP contribution is -2.35. The molecule has 18 heavy (non-hydrogen) atoms. The quantitative estimate of drug-likeness (QED) is 0.230. The Bertz CT molecular complexity index is 298. The molecule has 0 saturated heterocycles. The first-order valence-corrected chi connectivity index (χ1v) is 5.43. The SMILES string of the molecule is NC(=O)CC(=O)CNCCNCC(=O)CC(N)=O. The Hall–Kier alpha value is -1.80. The molecular weight excluding hydrogens is 240 g/mol. The molecule has 6 N–H and O–H groups in total. The standard InChI is InChI=1S/C10H18N4O4/c11-9(17)3-7(15)5-13-1-2-14-6-8(16)4-10(12)18/h13-14H,1-6H2,(H2,11,17)(H2,12,18). The van der Waals surface area contributed by atoms with Crippen molar-refractivity contribution >= 4 is 23.4 Å². The number of carbonyl (C=O) groups is 4. The minimum absolute atomic E-state index is 0.0554.